The summed E-state index contributed by atoms with van der Waals surface area (Å²) in [6.07, 6.45) is 3.39. The van der Waals surface area contributed by atoms with Crippen molar-refractivity contribution in [1.82, 2.24) is 9.97 Å². The van der Waals surface area contributed by atoms with Crippen LogP contribution >= 0.6 is 18.6 Å². The van der Waals surface area contributed by atoms with Crippen molar-refractivity contribution in [2.45, 2.75) is 4.43 Å². The summed E-state index contributed by atoms with van der Waals surface area (Å²) in [4.78, 5) is 7.91. The van der Waals surface area contributed by atoms with Gasteiger partial charge in [-0.15, -0.1) is 0 Å². The molecule has 9 heavy (non-hydrogen) atoms. The third-order valence-corrected chi connectivity index (χ3v) is 3.83. The van der Waals surface area contributed by atoms with Crippen molar-refractivity contribution in [3.05, 3.63) is 24.3 Å². The molecule has 0 N–H and O–H groups in total. The van der Waals surface area contributed by atoms with Crippen LogP contribution < -0.4 is 17.2 Å². The Balaban J connectivity index is 2.61. The molecule has 0 fully saturated rings. The van der Waals surface area contributed by atoms with Gasteiger partial charge < -0.3 is 0 Å². The summed E-state index contributed by atoms with van der Waals surface area (Å²) in [6.45, 7) is 0. The second-order valence-electron chi connectivity index (χ2n) is 1.44. The molecule has 1 aromatic heterocycles. The number of hydrogen-bond donors (Lipinski definition) is 0. The third kappa shape index (κ3) is 2.74. The van der Waals surface area contributed by atoms with E-state index >= 15 is 0 Å². The number of alkyl halides is 1. The van der Waals surface area contributed by atoms with Gasteiger partial charge in [-0.3, -0.25) is 0 Å². The van der Waals surface area contributed by atoms with Gasteiger partial charge in [0.1, 0.15) is 0 Å². The van der Waals surface area contributed by atoms with Gasteiger partial charge in [-0.05, 0) is 0 Å². The van der Waals surface area contributed by atoms with E-state index in [0.29, 0.717) is 17.2 Å². The average Bonchev–Trinajstić information content (AvgIpc) is 1.91. The summed E-state index contributed by atoms with van der Waals surface area (Å²) < 4.78 is 1.15. The predicted octanol–water partition coefficient (Wildman–Crippen LogP) is -1.58. The molecule has 1 rings (SSSR count). The first-order valence-corrected chi connectivity index (χ1v) is 10.2. The summed E-state index contributed by atoms with van der Waals surface area (Å²) in [5.74, 6) is 0. The first kappa shape index (κ1) is 7.64. The Kier molecular flexibility index (Phi) is 3.71. The molecule has 0 spiro atoms. The van der Waals surface area contributed by atoms with Gasteiger partial charge in [-0.1, -0.05) is 0 Å². The zero-order chi connectivity index (χ0) is 6.53. The molecule has 0 amide bonds. The molecule has 0 atom stereocenters. The van der Waals surface area contributed by atoms with Gasteiger partial charge in [0.2, 0.25) is 0 Å². The molecule has 0 aliphatic heterocycles. The monoisotopic (exact) mass is 347 g/mol. The Bertz CT molecular complexity index is 166. The van der Waals surface area contributed by atoms with Crippen LogP contribution in [0.3, 0.4) is 0 Å². The van der Waals surface area contributed by atoms with Gasteiger partial charge in [0.25, 0.3) is 0 Å². The molecule has 0 aliphatic carbocycles. The number of aromatic nitrogens is 2. The fourth-order valence-corrected chi connectivity index (χ4v) is 3.18. The molecule has 2 nitrogen and oxygen atoms in total. The number of rotatable bonds is 2. The van der Waals surface area contributed by atoms with Crippen molar-refractivity contribution in [1.29, 1.82) is 0 Å². The zero-order valence-electron chi connectivity index (χ0n) is 4.59. The quantitative estimate of drug-likeness (QED) is 0.477. The molecule has 1 heterocycles. The van der Waals surface area contributed by atoms with E-state index in [2.05, 4.69) is 28.6 Å². The topological polar surface area (TPSA) is 25.8 Å². The molecular weight excluding hydrogens is 342 g/mol. The van der Waals surface area contributed by atoms with Crippen LogP contribution in [0, 0.1) is 0 Å². The van der Waals surface area contributed by atoms with E-state index < -0.39 is 0 Å². The molecule has 0 unspecified atom stereocenters. The molecule has 4 heteroatoms. The summed E-state index contributed by atoms with van der Waals surface area (Å²) in [5.41, 5.74) is 1.17. The molecule has 0 radical (unpaired) electrons. The average molecular weight is 347 g/mol. The van der Waals surface area contributed by atoms with Crippen molar-refractivity contribution < 1.29 is 17.2 Å². The molecule has 0 saturated carbocycles. The fraction of sp³-hybridized carbons (Fsp3) is 0.200. The molecule has 0 saturated heterocycles. The molecule has 1 aromatic rings. The Morgan fingerprint density at radius 2 is 2.56 bits per heavy atom. The molecular formula is C5H5I2N2-. The minimum atomic E-state index is 0.309. The van der Waals surface area contributed by atoms with Crippen molar-refractivity contribution in [3.63, 3.8) is 0 Å². The van der Waals surface area contributed by atoms with Crippen LogP contribution in [0.15, 0.2) is 18.6 Å². The van der Waals surface area contributed by atoms with Crippen LogP contribution in [0.1, 0.15) is 5.69 Å². The Labute approximate surface area is 73.9 Å². The molecule has 0 bridgehead atoms. The number of halogens is 2. The standard InChI is InChI=1S/C5H5I2N2/c6-7-3-5-1-2-8-4-9-5/h1-2,4H,3H2/q-1. The van der Waals surface area contributed by atoms with Crippen molar-refractivity contribution in [2.24, 2.45) is 0 Å². The zero-order valence-corrected chi connectivity index (χ0v) is 8.90. The van der Waals surface area contributed by atoms with Crippen LogP contribution in [0.25, 0.3) is 0 Å². The van der Waals surface area contributed by atoms with Gasteiger partial charge in [-0.2, -0.15) is 0 Å². The van der Waals surface area contributed by atoms with Gasteiger partial charge in [0.15, 0.2) is 0 Å². The second kappa shape index (κ2) is 4.37. The van der Waals surface area contributed by atoms with E-state index in [1.807, 2.05) is 6.07 Å². The van der Waals surface area contributed by atoms with Crippen LogP contribution in [0.4, 0.5) is 0 Å². The van der Waals surface area contributed by atoms with Crippen molar-refractivity contribution in [2.75, 3.05) is 0 Å². The van der Waals surface area contributed by atoms with Gasteiger partial charge in [-0.25, -0.2) is 0 Å². The summed E-state index contributed by atoms with van der Waals surface area (Å²) in [5, 5.41) is 0. The van der Waals surface area contributed by atoms with E-state index in [4.69, 9.17) is 0 Å². The van der Waals surface area contributed by atoms with E-state index in [1.54, 1.807) is 12.5 Å². The maximum absolute atomic E-state index is 4.08. The SMILES string of the molecule is I[I-]Cc1ccncn1. The first-order valence-electron chi connectivity index (χ1n) is 2.38. The molecule has 0 aromatic carbocycles. The summed E-state index contributed by atoms with van der Waals surface area (Å²) in [6, 6.07) is 1.97. The van der Waals surface area contributed by atoms with Crippen LogP contribution in [-0.2, 0) is 4.43 Å². The second-order valence-corrected chi connectivity index (χ2v) is 6.64. The Hall–Kier alpha value is 0.540. The van der Waals surface area contributed by atoms with Gasteiger partial charge in [0.05, 0.1) is 0 Å². The predicted molar refractivity (Wildman–Crippen MR) is 39.8 cm³/mol. The van der Waals surface area contributed by atoms with Crippen LogP contribution in [-0.4, -0.2) is 9.97 Å². The van der Waals surface area contributed by atoms with E-state index in [0.717, 1.165) is 4.43 Å². The van der Waals surface area contributed by atoms with Crippen LogP contribution in [0.2, 0.25) is 0 Å². The van der Waals surface area contributed by atoms with Crippen molar-refractivity contribution >= 4 is 18.6 Å². The molecule has 0 aliphatic rings. The Morgan fingerprint density at radius 3 is 3.11 bits per heavy atom. The van der Waals surface area contributed by atoms with E-state index in [9.17, 15) is 0 Å². The Morgan fingerprint density at radius 1 is 1.67 bits per heavy atom. The first-order chi connectivity index (χ1) is 4.43. The van der Waals surface area contributed by atoms with E-state index in [1.165, 1.54) is 5.69 Å². The summed E-state index contributed by atoms with van der Waals surface area (Å²) >= 11 is 2.75. The van der Waals surface area contributed by atoms with Crippen LogP contribution in [0.5, 0.6) is 0 Å². The summed E-state index contributed by atoms with van der Waals surface area (Å²) in [7, 11) is 0. The fourth-order valence-electron chi connectivity index (χ4n) is 0.449. The molecule has 50 valence electrons. The number of nitrogens with zero attached hydrogens (tertiary/aromatic N) is 2. The van der Waals surface area contributed by atoms with Gasteiger partial charge >= 0.3 is 74.5 Å². The number of hydrogen-bond acceptors (Lipinski definition) is 2. The minimum absolute atomic E-state index is 0.309. The van der Waals surface area contributed by atoms with Gasteiger partial charge in [0, 0.05) is 0 Å². The van der Waals surface area contributed by atoms with E-state index in [-0.39, 0.29) is 0 Å². The van der Waals surface area contributed by atoms with Crippen molar-refractivity contribution in [3.8, 4) is 0 Å². The normalized spacial score (nSPS) is 9.89. The maximum atomic E-state index is 4.08. The third-order valence-electron chi connectivity index (χ3n) is 0.831.